The number of phenolic OH excluding ortho intramolecular Hbond substituents is 1. The van der Waals surface area contributed by atoms with Gasteiger partial charge < -0.3 is 25.2 Å². The number of carbonyl (C=O) groups is 1. The number of rotatable bonds is 12. The maximum Gasteiger partial charge on any atom is 0.249 e. The van der Waals surface area contributed by atoms with Crippen LogP contribution in [-0.2, 0) is 26.9 Å². The van der Waals surface area contributed by atoms with Gasteiger partial charge in [0, 0.05) is 18.8 Å². The number of aliphatic hydroxyl groups is 1. The molecule has 10 nitrogen and oxygen atoms in total. The van der Waals surface area contributed by atoms with Crippen molar-refractivity contribution in [2.45, 2.75) is 25.1 Å². The Kier molecular flexibility index (Phi) is 9.57. The smallest absolute Gasteiger partial charge is 0.249 e. The summed E-state index contributed by atoms with van der Waals surface area (Å²) in [4.78, 5) is 15.8. The molecule has 0 spiro atoms. The van der Waals surface area contributed by atoms with E-state index in [1.807, 2.05) is 43.3 Å². The normalized spacial score (nSPS) is 13.9. The van der Waals surface area contributed by atoms with Crippen molar-refractivity contribution in [1.82, 2.24) is 10.2 Å². The van der Waals surface area contributed by atoms with Crippen molar-refractivity contribution in [3.05, 3.63) is 83.4 Å². The van der Waals surface area contributed by atoms with E-state index in [0.717, 1.165) is 11.8 Å². The van der Waals surface area contributed by atoms with E-state index >= 15 is 0 Å². The Labute approximate surface area is 229 Å². The monoisotopic (exact) mass is 556 g/mol. The number of phenols is 1. The largest absolute Gasteiger partial charge is 0.506 e. The van der Waals surface area contributed by atoms with Gasteiger partial charge in [-0.3, -0.25) is 14.8 Å². The summed E-state index contributed by atoms with van der Waals surface area (Å²) in [6.45, 7) is 2.38. The molecule has 0 heterocycles. The number of aliphatic hydroxyl groups excluding tert-OH is 1. The van der Waals surface area contributed by atoms with E-state index in [-0.39, 0.29) is 23.9 Å². The van der Waals surface area contributed by atoms with Crippen LogP contribution in [0, 0.1) is 0 Å². The first-order chi connectivity index (χ1) is 18.3. The summed E-state index contributed by atoms with van der Waals surface area (Å²) < 4.78 is 30.8. The molecule has 210 valence electrons. The number of hydrogen-bond acceptors (Lipinski definition) is 8. The number of hydrogen-bond donors (Lipinski definition) is 5. The van der Waals surface area contributed by atoms with Gasteiger partial charge in [0.15, 0.2) is 0 Å². The molecule has 0 aliphatic carbocycles. The topological polar surface area (TPSA) is 140 Å². The van der Waals surface area contributed by atoms with Gasteiger partial charge in [-0.1, -0.05) is 30.3 Å². The van der Waals surface area contributed by atoms with Crippen molar-refractivity contribution in [2.75, 3.05) is 44.0 Å². The number of methoxy groups -OCH3 is 1. The van der Waals surface area contributed by atoms with Crippen molar-refractivity contribution in [1.29, 1.82) is 0 Å². The molecular weight excluding hydrogens is 520 g/mol. The lowest BCUT2D eigenvalue weighted by Gasteiger charge is -2.31. The third kappa shape index (κ3) is 8.17. The number of aromatic hydroxyl groups is 1. The van der Waals surface area contributed by atoms with Gasteiger partial charge >= 0.3 is 0 Å². The Morgan fingerprint density at radius 3 is 2.38 bits per heavy atom. The molecular formula is C28H36N4O6S. The summed E-state index contributed by atoms with van der Waals surface area (Å²) in [6.07, 6.45) is -0.161. The van der Waals surface area contributed by atoms with Gasteiger partial charge in [-0.25, -0.2) is 8.42 Å². The van der Waals surface area contributed by atoms with E-state index in [2.05, 4.69) is 15.4 Å². The van der Waals surface area contributed by atoms with Crippen molar-refractivity contribution in [2.24, 2.45) is 0 Å². The molecule has 0 saturated heterocycles. The lowest BCUT2D eigenvalue weighted by Crippen LogP contribution is -2.51. The third-order valence-corrected chi connectivity index (χ3v) is 6.75. The van der Waals surface area contributed by atoms with Gasteiger partial charge in [0.1, 0.15) is 17.0 Å². The molecule has 3 aromatic carbocycles. The van der Waals surface area contributed by atoms with E-state index < -0.39 is 21.7 Å². The van der Waals surface area contributed by atoms with Crippen LogP contribution in [-0.4, -0.2) is 63.4 Å². The fourth-order valence-electron chi connectivity index (χ4n) is 4.07. The standard InChI is InChI=1S/C28H36N4O6S/c1-28(21-10-12-23(38-4)13-11-21,27(35)30-22-8-6-7-19(15-22)18-32(2)3)29-17-26(34)20-9-14-25(33)24(16-20)31-39(5,36)37/h6-16,26,29,31,33-34H,17-18H2,1-5H3,(H,30,35). The first-order valence-corrected chi connectivity index (χ1v) is 14.1. The molecule has 0 aliphatic rings. The minimum absolute atomic E-state index is 0.0534. The van der Waals surface area contributed by atoms with E-state index in [1.165, 1.54) is 18.2 Å². The minimum atomic E-state index is -3.64. The molecule has 2 unspecified atom stereocenters. The number of ether oxygens (including phenoxy) is 1. The molecule has 11 heteroatoms. The summed E-state index contributed by atoms with van der Waals surface area (Å²) in [6, 6.07) is 18.8. The van der Waals surface area contributed by atoms with Gasteiger partial charge in [-0.05, 0) is 74.1 Å². The second-order valence-electron chi connectivity index (χ2n) is 9.79. The highest BCUT2D eigenvalue weighted by atomic mass is 32.2. The van der Waals surface area contributed by atoms with Crippen LogP contribution in [0.2, 0.25) is 0 Å². The summed E-state index contributed by atoms with van der Waals surface area (Å²) in [5.41, 5.74) is 1.34. The molecule has 0 saturated carbocycles. The lowest BCUT2D eigenvalue weighted by atomic mass is 9.90. The first kappa shape index (κ1) is 29.9. The molecule has 3 rings (SSSR count). The molecule has 3 aromatic rings. The summed E-state index contributed by atoms with van der Waals surface area (Å²) in [7, 11) is 1.85. The SMILES string of the molecule is COc1ccc(C(C)(NCC(O)c2ccc(O)c(NS(C)(=O)=O)c2)C(=O)Nc2cccc(CN(C)C)c2)cc1. The second kappa shape index (κ2) is 12.5. The molecule has 0 fully saturated rings. The number of anilines is 2. The zero-order chi connectivity index (χ0) is 28.8. The predicted octanol–water partition coefficient (Wildman–Crippen LogP) is 3.01. The molecule has 5 N–H and O–H groups in total. The summed E-state index contributed by atoms with van der Waals surface area (Å²) in [5, 5.41) is 27.1. The van der Waals surface area contributed by atoms with Crippen LogP contribution in [0.25, 0.3) is 0 Å². The summed E-state index contributed by atoms with van der Waals surface area (Å²) in [5.74, 6) is 0.0169. The van der Waals surface area contributed by atoms with Gasteiger partial charge in [-0.2, -0.15) is 0 Å². The molecule has 0 radical (unpaired) electrons. The summed E-state index contributed by atoms with van der Waals surface area (Å²) >= 11 is 0. The number of sulfonamides is 1. The second-order valence-corrected chi connectivity index (χ2v) is 11.5. The zero-order valence-electron chi connectivity index (χ0n) is 22.7. The van der Waals surface area contributed by atoms with Crippen LogP contribution in [0.3, 0.4) is 0 Å². The first-order valence-electron chi connectivity index (χ1n) is 12.2. The molecule has 0 aromatic heterocycles. The van der Waals surface area contributed by atoms with Crippen LogP contribution in [0.4, 0.5) is 11.4 Å². The van der Waals surface area contributed by atoms with Gasteiger partial charge in [0.25, 0.3) is 0 Å². The average Bonchev–Trinajstić information content (AvgIpc) is 2.87. The molecule has 0 aliphatic heterocycles. The molecule has 1 amide bonds. The van der Waals surface area contributed by atoms with Crippen molar-refractivity contribution in [3.63, 3.8) is 0 Å². The van der Waals surface area contributed by atoms with E-state index in [1.54, 1.807) is 38.3 Å². The predicted molar refractivity (Wildman–Crippen MR) is 152 cm³/mol. The number of nitrogens with one attached hydrogen (secondary N) is 3. The Bertz CT molecular complexity index is 1400. The number of carbonyl (C=O) groups excluding carboxylic acids is 1. The third-order valence-electron chi connectivity index (χ3n) is 6.15. The van der Waals surface area contributed by atoms with E-state index in [9.17, 15) is 23.4 Å². The highest BCUT2D eigenvalue weighted by Crippen LogP contribution is 2.30. The van der Waals surface area contributed by atoms with Crippen molar-refractivity contribution in [3.8, 4) is 11.5 Å². The van der Waals surface area contributed by atoms with Gasteiger partial charge in [0.2, 0.25) is 15.9 Å². The Balaban J connectivity index is 1.87. The fourth-order valence-corrected chi connectivity index (χ4v) is 4.63. The fraction of sp³-hybridized carbons (Fsp3) is 0.321. The average molecular weight is 557 g/mol. The maximum atomic E-state index is 13.7. The maximum absolute atomic E-state index is 13.7. The van der Waals surface area contributed by atoms with Gasteiger partial charge in [0.05, 0.1) is 25.2 Å². The number of nitrogens with zero attached hydrogens (tertiary/aromatic N) is 1. The van der Waals surface area contributed by atoms with Crippen LogP contribution in [0.5, 0.6) is 11.5 Å². The van der Waals surface area contributed by atoms with Crippen LogP contribution >= 0.6 is 0 Å². The Hall–Kier alpha value is -3.64. The van der Waals surface area contributed by atoms with Crippen LogP contribution < -0.4 is 20.1 Å². The van der Waals surface area contributed by atoms with E-state index in [4.69, 9.17) is 4.74 Å². The Morgan fingerprint density at radius 2 is 1.77 bits per heavy atom. The number of amides is 1. The van der Waals surface area contributed by atoms with Crippen LogP contribution in [0.1, 0.15) is 29.7 Å². The van der Waals surface area contributed by atoms with Crippen LogP contribution in [0.15, 0.2) is 66.7 Å². The zero-order valence-corrected chi connectivity index (χ0v) is 23.5. The highest BCUT2D eigenvalue weighted by Gasteiger charge is 2.36. The molecule has 2 atom stereocenters. The highest BCUT2D eigenvalue weighted by molar-refractivity contribution is 7.92. The number of benzene rings is 3. The molecule has 39 heavy (non-hydrogen) atoms. The lowest BCUT2D eigenvalue weighted by molar-refractivity contribution is -0.122. The minimum Gasteiger partial charge on any atom is -0.506 e. The molecule has 0 bridgehead atoms. The Morgan fingerprint density at radius 1 is 1.08 bits per heavy atom. The quantitative estimate of drug-likeness (QED) is 0.215. The van der Waals surface area contributed by atoms with Crippen molar-refractivity contribution >= 4 is 27.3 Å². The van der Waals surface area contributed by atoms with E-state index in [0.29, 0.717) is 29.1 Å². The van der Waals surface area contributed by atoms with Gasteiger partial charge in [-0.15, -0.1) is 0 Å². The van der Waals surface area contributed by atoms with Crippen molar-refractivity contribution < 1.29 is 28.2 Å².